The van der Waals surface area contributed by atoms with Crippen LogP contribution in [0.15, 0.2) is 71.6 Å². The van der Waals surface area contributed by atoms with Crippen LogP contribution in [-0.2, 0) is 11.5 Å². The standard InChI is InChI=1S/C23H20Cl2FNOS2/c24-18-8-10-19(11-9-18)30-14-16-4-6-17(7-5-16)23(28)27-12-13-29-15-20-21(25)2-1-3-22(20)26/h1-11H,12-15H2,(H,27,28). The molecule has 2 nitrogen and oxygen atoms in total. The fourth-order valence-electron chi connectivity index (χ4n) is 2.63. The minimum absolute atomic E-state index is 0.114. The summed E-state index contributed by atoms with van der Waals surface area (Å²) in [5.41, 5.74) is 2.27. The fourth-order valence-corrected chi connectivity index (χ4v) is 4.81. The van der Waals surface area contributed by atoms with Crippen LogP contribution in [0.2, 0.25) is 10.0 Å². The van der Waals surface area contributed by atoms with Gasteiger partial charge in [0.1, 0.15) is 5.82 Å². The average molecular weight is 480 g/mol. The maximum Gasteiger partial charge on any atom is 0.251 e. The summed E-state index contributed by atoms with van der Waals surface area (Å²) in [7, 11) is 0. The Labute approximate surface area is 194 Å². The minimum Gasteiger partial charge on any atom is -0.351 e. The van der Waals surface area contributed by atoms with Crippen molar-refractivity contribution in [1.82, 2.24) is 5.32 Å². The number of nitrogens with one attached hydrogen (secondary N) is 1. The monoisotopic (exact) mass is 479 g/mol. The lowest BCUT2D eigenvalue weighted by atomic mass is 10.1. The van der Waals surface area contributed by atoms with E-state index < -0.39 is 0 Å². The number of halogens is 3. The van der Waals surface area contributed by atoms with Gasteiger partial charge in [-0.1, -0.05) is 41.4 Å². The Bertz CT molecular complexity index is 961. The molecule has 0 aliphatic carbocycles. The first-order chi connectivity index (χ1) is 14.5. The van der Waals surface area contributed by atoms with Crippen molar-refractivity contribution in [2.45, 2.75) is 16.4 Å². The molecule has 0 fully saturated rings. The molecule has 3 rings (SSSR count). The van der Waals surface area contributed by atoms with Gasteiger partial charge in [0.15, 0.2) is 0 Å². The zero-order chi connectivity index (χ0) is 21.3. The maximum atomic E-state index is 13.7. The molecule has 0 aliphatic heterocycles. The number of benzene rings is 3. The third-order valence-electron chi connectivity index (χ3n) is 4.28. The summed E-state index contributed by atoms with van der Waals surface area (Å²) in [5.74, 6) is 1.55. The van der Waals surface area contributed by atoms with Crippen LogP contribution in [0.5, 0.6) is 0 Å². The number of thioether (sulfide) groups is 2. The van der Waals surface area contributed by atoms with E-state index >= 15 is 0 Å². The van der Waals surface area contributed by atoms with Crippen molar-refractivity contribution >= 4 is 52.6 Å². The second kappa shape index (κ2) is 11.7. The van der Waals surface area contributed by atoms with Gasteiger partial charge in [0.2, 0.25) is 0 Å². The van der Waals surface area contributed by atoms with E-state index in [-0.39, 0.29) is 11.7 Å². The summed E-state index contributed by atoms with van der Waals surface area (Å²) >= 11 is 15.2. The largest absolute Gasteiger partial charge is 0.351 e. The van der Waals surface area contributed by atoms with Crippen LogP contribution in [-0.4, -0.2) is 18.2 Å². The molecule has 3 aromatic carbocycles. The molecule has 0 atom stereocenters. The molecule has 1 N–H and O–H groups in total. The Kier molecular flexibility index (Phi) is 8.94. The summed E-state index contributed by atoms with van der Waals surface area (Å²) in [4.78, 5) is 13.4. The number of amides is 1. The summed E-state index contributed by atoms with van der Waals surface area (Å²) in [6.07, 6.45) is 0. The SMILES string of the molecule is O=C(NCCSCc1c(F)cccc1Cl)c1ccc(CSc2ccc(Cl)cc2)cc1. The number of rotatable bonds is 9. The number of hydrogen-bond donors (Lipinski definition) is 1. The molecule has 0 aromatic heterocycles. The molecule has 7 heteroatoms. The second-order valence-electron chi connectivity index (χ2n) is 6.45. The molecule has 0 spiro atoms. The quantitative estimate of drug-likeness (QED) is 0.262. The number of carbonyl (C=O) groups is 1. The van der Waals surface area contributed by atoms with Crippen LogP contribution >= 0.6 is 46.7 Å². The van der Waals surface area contributed by atoms with Gasteiger partial charge in [-0.3, -0.25) is 4.79 Å². The Hall–Kier alpha value is -1.66. The van der Waals surface area contributed by atoms with Gasteiger partial charge < -0.3 is 5.32 Å². The van der Waals surface area contributed by atoms with Crippen LogP contribution in [0.4, 0.5) is 4.39 Å². The molecular formula is C23H20Cl2FNOS2. The molecule has 0 saturated heterocycles. The maximum absolute atomic E-state index is 13.7. The molecule has 30 heavy (non-hydrogen) atoms. The van der Waals surface area contributed by atoms with Crippen LogP contribution in [0.1, 0.15) is 21.5 Å². The summed E-state index contributed by atoms with van der Waals surface area (Å²) in [5, 5.41) is 4.05. The van der Waals surface area contributed by atoms with Gasteiger partial charge in [-0.25, -0.2) is 4.39 Å². The topological polar surface area (TPSA) is 29.1 Å². The Balaban J connectivity index is 1.39. The number of carbonyl (C=O) groups excluding carboxylic acids is 1. The molecule has 1 amide bonds. The van der Waals surface area contributed by atoms with E-state index in [1.807, 2.05) is 48.5 Å². The van der Waals surface area contributed by atoms with Gasteiger partial charge in [0, 0.05) is 49.9 Å². The highest BCUT2D eigenvalue weighted by Gasteiger charge is 2.08. The Morgan fingerprint density at radius 1 is 0.933 bits per heavy atom. The van der Waals surface area contributed by atoms with Crippen molar-refractivity contribution in [3.63, 3.8) is 0 Å². The van der Waals surface area contributed by atoms with Gasteiger partial charge in [0.25, 0.3) is 5.91 Å². The van der Waals surface area contributed by atoms with Crippen molar-refractivity contribution in [3.8, 4) is 0 Å². The Morgan fingerprint density at radius 3 is 2.37 bits per heavy atom. The van der Waals surface area contributed by atoms with Crippen molar-refractivity contribution in [3.05, 3.63) is 99.3 Å². The molecule has 0 heterocycles. The van der Waals surface area contributed by atoms with Crippen LogP contribution in [0, 0.1) is 5.82 Å². The van der Waals surface area contributed by atoms with E-state index in [0.717, 1.165) is 21.2 Å². The first kappa shape index (κ1) is 23.0. The highest BCUT2D eigenvalue weighted by Crippen LogP contribution is 2.25. The van der Waals surface area contributed by atoms with Crippen LogP contribution in [0.25, 0.3) is 0 Å². The predicted octanol–water partition coefficient (Wildman–Crippen LogP) is 7.09. The molecular weight excluding hydrogens is 460 g/mol. The molecule has 0 radical (unpaired) electrons. The lowest BCUT2D eigenvalue weighted by Crippen LogP contribution is -2.25. The smallest absolute Gasteiger partial charge is 0.251 e. The summed E-state index contributed by atoms with van der Waals surface area (Å²) in [6, 6.07) is 20.0. The highest BCUT2D eigenvalue weighted by atomic mass is 35.5. The third-order valence-corrected chi connectivity index (χ3v) is 6.95. The average Bonchev–Trinajstić information content (AvgIpc) is 2.75. The zero-order valence-corrected chi connectivity index (χ0v) is 19.2. The van der Waals surface area contributed by atoms with Crippen molar-refractivity contribution in [2.75, 3.05) is 12.3 Å². The second-order valence-corrected chi connectivity index (χ2v) is 9.45. The van der Waals surface area contributed by atoms with Crippen LogP contribution in [0.3, 0.4) is 0 Å². The van der Waals surface area contributed by atoms with Gasteiger partial charge in [-0.2, -0.15) is 11.8 Å². The zero-order valence-electron chi connectivity index (χ0n) is 16.0. The summed E-state index contributed by atoms with van der Waals surface area (Å²) in [6.45, 7) is 0.504. The third kappa shape index (κ3) is 6.95. The van der Waals surface area contributed by atoms with Gasteiger partial charge in [0.05, 0.1) is 0 Å². The normalized spacial score (nSPS) is 10.8. The molecule has 0 saturated carbocycles. The molecule has 3 aromatic rings. The molecule has 0 aliphatic rings. The highest BCUT2D eigenvalue weighted by molar-refractivity contribution is 7.98. The molecule has 0 unspecified atom stereocenters. The van der Waals surface area contributed by atoms with Crippen molar-refractivity contribution in [1.29, 1.82) is 0 Å². The minimum atomic E-state index is -0.298. The van der Waals surface area contributed by atoms with E-state index in [4.69, 9.17) is 23.2 Å². The van der Waals surface area contributed by atoms with Crippen LogP contribution < -0.4 is 5.32 Å². The number of hydrogen-bond acceptors (Lipinski definition) is 3. The van der Waals surface area contributed by atoms with E-state index in [2.05, 4.69) is 5.32 Å². The first-order valence-electron chi connectivity index (χ1n) is 9.29. The molecule has 0 bridgehead atoms. The lowest BCUT2D eigenvalue weighted by molar-refractivity contribution is 0.0956. The van der Waals surface area contributed by atoms with Gasteiger partial charge in [-0.05, 0) is 54.1 Å². The van der Waals surface area contributed by atoms with E-state index in [1.165, 1.54) is 17.8 Å². The molecule has 156 valence electrons. The fraction of sp³-hybridized carbons (Fsp3) is 0.174. The van der Waals surface area contributed by atoms with Crippen molar-refractivity contribution in [2.24, 2.45) is 0 Å². The lowest BCUT2D eigenvalue weighted by Gasteiger charge is -2.08. The van der Waals surface area contributed by atoms with E-state index in [9.17, 15) is 9.18 Å². The Morgan fingerprint density at radius 2 is 1.67 bits per heavy atom. The van der Waals surface area contributed by atoms with Gasteiger partial charge >= 0.3 is 0 Å². The summed E-state index contributed by atoms with van der Waals surface area (Å²) < 4.78 is 13.7. The van der Waals surface area contributed by atoms with Crippen molar-refractivity contribution < 1.29 is 9.18 Å². The predicted molar refractivity (Wildman–Crippen MR) is 127 cm³/mol. The van der Waals surface area contributed by atoms with Gasteiger partial charge in [-0.15, -0.1) is 11.8 Å². The van der Waals surface area contributed by atoms with E-state index in [1.54, 1.807) is 23.9 Å². The first-order valence-corrected chi connectivity index (χ1v) is 12.2. The van der Waals surface area contributed by atoms with E-state index in [0.29, 0.717) is 34.2 Å².